The van der Waals surface area contributed by atoms with Gasteiger partial charge in [-0.05, 0) is 59.1 Å². The van der Waals surface area contributed by atoms with Crippen molar-refractivity contribution in [3.8, 4) is 5.75 Å². The average molecular weight is 474 g/mol. The summed E-state index contributed by atoms with van der Waals surface area (Å²) in [4.78, 5) is 38.6. The Morgan fingerprint density at radius 2 is 1.59 bits per heavy atom. The maximum Gasteiger partial charge on any atom is 0.233 e. The minimum atomic E-state index is -0.173. The molecule has 1 aliphatic heterocycles. The third-order valence-corrected chi connectivity index (χ3v) is 6.03. The van der Waals surface area contributed by atoms with Gasteiger partial charge in [-0.1, -0.05) is 24.3 Å². The summed E-state index contributed by atoms with van der Waals surface area (Å²) in [6.07, 6.45) is 6.09. The monoisotopic (exact) mass is 473 g/mol. The Hall–Kier alpha value is -2.42. The second kappa shape index (κ2) is 12.9. The Labute approximate surface area is 203 Å². The topological polar surface area (TPSA) is 71.6 Å². The molecule has 2 amide bonds. The lowest BCUT2D eigenvalue weighted by Gasteiger charge is -2.29. The van der Waals surface area contributed by atoms with Crippen molar-refractivity contribution >= 4 is 17.5 Å². The number of amides is 2. The van der Waals surface area contributed by atoms with E-state index in [4.69, 9.17) is 14.4 Å². The van der Waals surface area contributed by atoms with Gasteiger partial charge >= 0.3 is 0 Å². The maximum absolute atomic E-state index is 12.7. The molecule has 8 nitrogen and oxygen atoms in total. The van der Waals surface area contributed by atoms with Gasteiger partial charge in [-0.15, -0.1) is 0 Å². The van der Waals surface area contributed by atoms with Gasteiger partial charge in [0, 0.05) is 19.6 Å². The second-order valence-electron chi connectivity index (χ2n) is 8.84. The Bertz CT molecular complexity index is 817. The molecule has 2 unspecified atom stereocenters. The molecule has 0 N–H and O–H groups in total. The van der Waals surface area contributed by atoms with Crippen LogP contribution in [0.3, 0.4) is 0 Å². The van der Waals surface area contributed by atoms with E-state index in [1.165, 1.54) is 4.90 Å². The smallest absolute Gasteiger partial charge is 0.233 e. The van der Waals surface area contributed by atoms with E-state index >= 15 is 0 Å². The van der Waals surface area contributed by atoms with Gasteiger partial charge < -0.3 is 4.74 Å². The van der Waals surface area contributed by atoms with E-state index in [0.29, 0.717) is 58.7 Å². The number of imide groups is 1. The summed E-state index contributed by atoms with van der Waals surface area (Å²) in [6.45, 7) is 11.2. The van der Waals surface area contributed by atoms with E-state index in [1.54, 1.807) is 0 Å². The summed E-state index contributed by atoms with van der Waals surface area (Å²) in [5.41, 5.74) is 0.874. The van der Waals surface area contributed by atoms with Crippen LogP contribution in [0.5, 0.6) is 5.75 Å². The van der Waals surface area contributed by atoms with Crippen molar-refractivity contribution in [2.45, 2.75) is 53.1 Å². The van der Waals surface area contributed by atoms with Crippen molar-refractivity contribution in [2.24, 2.45) is 11.8 Å². The third kappa shape index (κ3) is 6.58. The van der Waals surface area contributed by atoms with Crippen molar-refractivity contribution in [1.29, 1.82) is 0 Å². The lowest BCUT2D eigenvalue weighted by molar-refractivity contribution is -0.157. The average Bonchev–Trinajstić information content (AvgIpc) is 3.06. The first-order valence-electron chi connectivity index (χ1n) is 12.5. The molecule has 0 radical (unpaired) electrons. The summed E-state index contributed by atoms with van der Waals surface area (Å²) in [6, 6.07) is 7.84. The normalized spacial score (nSPS) is 19.9. The molecule has 2 atom stereocenters. The van der Waals surface area contributed by atoms with E-state index in [0.717, 1.165) is 11.4 Å². The van der Waals surface area contributed by atoms with E-state index in [9.17, 15) is 9.59 Å². The fourth-order valence-electron chi connectivity index (χ4n) is 4.55. The number of benzene rings is 1. The molecule has 0 saturated carbocycles. The summed E-state index contributed by atoms with van der Waals surface area (Å²) in [5.74, 6) is 0.385. The molecule has 1 saturated heterocycles. The Morgan fingerprint density at radius 1 is 0.941 bits per heavy atom. The van der Waals surface area contributed by atoms with Crippen LogP contribution >= 0.6 is 0 Å². The van der Waals surface area contributed by atoms with E-state index < -0.39 is 0 Å². The fraction of sp³-hybridized carbons (Fsp3) is 0.615. The van der Waals surface area contributed by atoms with Crippen LogP contribution in [0.15, 0.2) is 36.4 Å². The van der Waals surface area contributed by atoms with Crippen molar-refractivity contribution in [3.05, 3.63) is 36.4 Å². The molecule has 188 valence electrons. The zero-order valence-corrected chi connectivity index (χ0v) is 20.9. The lowest BCUT2D eigenvalue weighted by atomic mass is 9.85. The number of rotatable bonds is 14. The van der Waals surface area contributed by atoms with Crippen molar-refractivity contribution in [2.75, 3.05) is 44.5 Å². The van der Waals surface area contributed by atoms with Crippen molar-refractivity contribution < 1.29 is 24.0 Å². The van der Waals surface area contributed by atoms with Gasteiger partial charge in [-0.2, -0.15) is 5.06 Å². The molecule has 1 fully saturated rings. The predicted molar refractivity (Wildman–Crippen MR) is 131 cm³/mol. The first-order valence-corrected chi connectivity index (χ1v) is 12.5. The van der Waals surface area contributed by atoms with Crippen LogP contribution < -0.4 is 9.80 Å². The van der Waals surface area contributed by atoms with Crippen molar-refractivity contribution in [3.63, 3.8) is 0 Å². The SMILES string of the molecule is CCON(CCCN1C(=O)C2CC=CCC2C1=O)CCN(OCC)c1ccccc1OC(C)C. The number of likely N-dealkylation sites (tertiary alicyclic amines) is 1. The highest BCUT2D eigenvalue weighted by molar-refractivity contribution is 6.05. The molecule has 34 heavy (non-hydrogen) atoms. The number of anilines is 1. The van der Waals surface area contributed by atoms with Gasteiger partial charge in [-0.25, -0.2) is 5.06 Å². The van der Waals surface area contributed by atoms with E-state index in [-0.39, 0.29) is 29.8 Å². The number of hydrogen-bond acceptors (Lipinski definition) is 7. The first kappa shape index (κ1) is 26.2. The van der Waals surface area contributed by atoms with Gasteiger partial charge in [0.25, 0.3) is 0 Å². The number of fused-ring (bicyclic) bond motifs is 1. The Kier molecular flexibility index (Phi) is 9.92. The zero-order chi connectivity index (χ0) is 24.5. The molecule has 0 bridgehead atoms. The molecular weight excluding hydrogens is 434 g/mol. The third-order valence-electron chi connectivity index (χ3n) is 6.03. The lowest BCUT2D eigenvalue weighted by Crippen LogP contribution is -2.38. The highest BCUT2D eigenvalue weighted by Crippen LogP contribution is 2.35. The van der Waals surface area contributed by atoms with Crippen LogP contribution in [0.25, 0.3) is 0 Å². The number of carbonyl (C=O) groups is 2. The number of hydroxylamine groups is 3. The fourth-order valence-corrected chi connectivity index (χ4v) is 4.55. The Morgan fingerprint density at radius 3 is 2.21 bits per heavy atom. The number of ether oxygens (including phenoxy) is 1. The quantitative estimate of drug-likeness (QED) is 0.231. The summed E-state index contributed by atoms with van der Waals surface area (Å²) < 4.78 is 5.97. The van der Waals surface area contributed by atoms with Gasteiger partial charge in [0.1, 0.15) is 11.4 Å². The Balaban J connectivity index is 1.56. The number of hydrogen-bond donors (Lipinski definition) is 0. The molecule has 2 aliphatic rings. The molecule has 1 aromatic rings. The summed E-state index contributed by atoms with van der Waals surface area (Å²) >= 11 is 0. The highest BCUT2D eigenvalue weighted by Gasteiger charge is 2.46. The van der Waals surface area contributed by atoms with Crippen LogP contribution in [0, 0.1) is 11.8 Å². The summed E-state index contributed by atoms with van der Waals surface area (Å²) in [5, 5.41) is 3.73. The van der Waals surface area contributed by atoms with Gasteiger partial charge in [-0.3, -0.25) is 24.2 Å². The van der Waals surface area contributed by atoms with Crippen LogP contribution in [-0.2, 0) is 19.3 Å². The predicted octanol–water partition coefficient (Wildman–Crippen LogP) is 3.83. The summed E-state index contributed by atoms with van der Waals surface area (Å²) in [7, 11) is 0. The number of nitrogens with zero attached hydrogens (tertiary/aromatic N) is 3. The van der Waals surface area contributed by atoms with Gasteiger partial charge in [0.15, 0.2) is 0 Å². The second-order valence-corrected chi connectivity index (χ2v) is 8.84. The molecule has 8 heteroatoms. The standard InChI is InChI=1S/C26H39N3O5/c1-5-32-27(16-11-17-28-25(30)21-12-7-8-13-22(21)26(28)31)18-19-29(33-6-2)23-14-9-10-15-24(23)34-20(3)4/h7-10,14-15,20-22H,5-6,11-13,16-19H2,1-4H3. The largest absolute Gasteiger partial charge is 0.489 e. The molecule has 0 aromatic heterocycles. The van der Waals surface area contributed by atoms with E-state index in [2.05, 4.69) is 0 Å². The van der Waals surface area contributed by atoms with Gasteiger partial charge in [0.05, 0.1) is 37.7 Å². The minimum absolute atomic E-state index is 0.0217. The molecule has 1 heterocycles. The number of para-hydroxylation sites is 2. The number of allylic oxidation sites excluding steroid dienone is 2. The molecular formula is C26H39N3O5. The maximum atomic E-state index is 12.7. The van der Waals surface area contributed by atoms with Crippen molar-refractivity contribution in [1.82, 2.24) is 9.96 Å². The minimum Gasteiger partial charge on any atom is -0.489 e. The van der Waals surface area contributed by atoms with Crippen LogP contribution in [0.2, 0.25) is 0 Å². The van der Waals surface area contributed by atoms with E-state index in [1.807, 2.05) is 74.2 Å². The number of carbonyl (C=O) groups excluding carboxylic acids is 2. The van der Waals surface area contributed by atoms with Crippen LogP contribution in [0.1, 0.15) is 47.0 Å². The highest BCUT2D eigenvalue weighted by atomic mass is 16.7. The molecule has 1 aromatic carbocycles. The van der Waals surface area contributed by atoms with Gasteiger partial charge in [0.2, 0.25) is 11.8 Å². The van der Waals surface area contributed by atoms with Crippen LogP contribution in [-0.4, -0.2) is 67.3 Å². The van der Waals surface area contributed by atoms with Crippen LogP contribution in [0.4, 0.5) is 5.69 Å². The molecule has 3 rings (SSSR count). The molecule has 1 aliphatic carbocycles. The molecule has 0 spiro atoms. The zero-order valence-electron chi connectivity index (χ0n) is 20.9. The first-order chi connectivity index (χ1) is 16.5.